The third-order valence-corrected chi connectivity index (χ3v) is 5.37. The third kappa shape index (κ3) is 5.41. The summed E-state index contributed by atoms with van der Waals surface area (Å²) in [7, 11) is 1.58. The van der Waals surface area contributed by atoms with E-state index in [1.54, 1.807) is 13.2 Å². The van der Waals surface area contributed by atoms with Crippen LogP contribution in [-0.2, 0) is 6.61 Å². The second-order valence-corrected chi connectivity index (χ2v) is 7.91. The van der Waals surface area contributed by atoms with Crippen molar-refractivity contribution in [2.24, 2.45) is 0 Å². The van der Waals surface area contributed by atoms with Gasteiger partial charge in [-0.15, -0.1) is 0 Å². The molecule has 0 unspecified atom stereocenters. The minimum absolute atomic E-state index is 0.222. The highest BCUT2D eigenvalue weighted by Crippen LogP contribution is 2.29. The number of benzene rings is 3. The average molecular weight is 434 g/mol. The van der Waals surface area contributed by atoms with Crippen molar-refractivity contribution in [2.75, 3.05) is 19.0 Å². The Kier molecular flexibility index (Phi) is 7.41. The molecule has 0 aliphatic carbocycles. The number of hydrogen-bond donors (Lipinski definition) is 1. The van der Waals surface area contributed by atoms with Crippen molar-refractivity contribution in [3.63, 3.8) is 0 Å². The summed E-state index contributed by atoms with van der Waals surface area (Å²) in [6.45, 7) is 10.9. The maximum Gasteiger partial charge on any atom is 0.255 e. The molecule has 0 saturated heterocycles. The van der Waals surface area contributed by atoms with E-state index in [1.165, 1.54) is 5.56 Å². The zero-order valence-electron chi connectivity index (χ0n) is 19.7. The number of carbonyl (C=O) groups excluding carboxylic acids is 1. The SMILES string of the molecule is CCOc1ccc(C(=O)Nc2cc(C)ccc2OC)cc1COc1cc(C)cc(C)c1C. The zero-order valence-corrected chi connectivity index (χ0v) is 19.7. The summed E-state index contributed by atoms with van der Waals surface area (Å²) in [6.07, 6.45) is 0. The summed E-state index contributed by atoms with van der Waals surface area (Å²) in [5.41, 5.74) is 6.44. The van der Waals surface area contributed by atoms with Gasteiger partial charge in [0.1, 0.15) is 23.9 Å². The molecule has 1 N–H and O–H groups in total. The molecule has 0 atom stereocenters. The molecule has 0 spiro atoms. The largest absolute Gasteiger partial charge is 0.495 e. The minimum Gasteiger partial charge on any atom is -0.495 e. The summed E-state index contributed by atoms with van der Waals surface area (Å²) in [6, 6.07) is 15.2. The van der Waals surface area contributed by atoms with Crippen molar-refractivity contribution < 1.29 is 19.0 Å². The molecular formula is C27H31NO4. The molecule has 168 valence electrons. The van der Waals surface area contributed by atoms with Gasteiger partial charge in [0.25, 0.3) is 5.91 Å². The maximum atomic E-state index is 13.0. The molecule has 0 aliphatic heterocycles. The van der Waals surface area contributed by atoms with Crippen LogP contribution < -0.4 is 19.5 Å². The predicted octanol–water partition coefficient (Wildman–Crippen LogP) is 6.16. The molecular weight excluding hydrogens is 402 g/mol. The quantitative estimate of drug-likeness (QED) is 0.462. The lowest BCUT2D eigenvalue weighted by Gasteiger charge is -2.16. The first-order chi connectivity index (χ1) is 15.3. The lowest BCUT2D eigenvalue weighted by molar-refractivity contribution is 0.102. The molecule has 0 fully saturated rings. The fourth-order valence-electron chi connectivity index (χ4n) is 3.55. The molecule has 5 nitrogen and oxygen atoms in total. The highest BCUT2D eigenvalue weighted by Gasteiger charge is 2.14. The first kappa shape index (κ1) is 23.2. The van der Waals surface area contributed by atoms with Gasteiger partial charge in [0.2, 0.25) is 0 Å². The molecule has 0 heterocycles. The first-order valence-electron chi connectivity index (χ1n) is 10.7. The number of anilines is 1. The molecule has 3 rings (SSSR count). The van der Waals surface area contributed by atoms with Crippen LogP contribution in [0.5, 0.6) is 17.2 Å². The zero-order chi connectivity index (χ0) is 23.3. The van der Waals surface area contributed by atoms with E-state index in [0.29, 0.717) is 36.0 Å². The number of amides is 1. The van der Waals surface area contributed by atoms with Crippen LogP contribution in [0, 0.1) is 27.7 Å². The molecule has 3 aromatic carbocycles. The Morgan fingerprint density at radius 3 is 2.31 bits per heavy atom. The van der Waals surface area contributed by atoms with Crippen LogP contribution in [0.25, 0.3) is 0 Å². The van der Waals surface area contributed by atoms with Gasteiger partial charge in [-0.1, -0.05) is 12.1 Å². The average Bonchev–Trinajstić information content (AvgIpc) is 2.76. The van der Waals surface area contributed by atoms with Crippen molar-refractivity contribution >= 4 is 11.6 Å². The molecule has 0 saturated carbocycles. The molecule has 5 heteroatoms. The number of ether oxygens (including phenoxy) is 3. The molecule has 0 radical (unpaired) electrons. The van der Waals surface area contributed by atoms with E-state index in [0.717, 1.165) is 28.0 Å². The number of carbonyl (C=O) groups is 1. The summed E-state index contributed by atoms with van der Waals surface area (Å²) >= 11 is 0. The number of rotatable bonds is 8. The smallest absolute Gasteiger partial charge is 0.255 e. The Labute approximate surface area is 190 Å². The van der Waals surface area contributed by atoms with Gasteiger partial charge in [0.15, 0.2) is 0 Å². The number of hydrogen-bond acceptors (Lipinski definition) is 4. The molecule has 0 aromatic heterocycles. The van der Waals surface area contributed by atoms with Crippen LogP contribution >= 0.6 is 0 Å². The molecule has 32 heavy (non-hydrogen) atoms. The van der Waals surface area contributed by atoms with Gasteiger partial charge in [-0.05, 0) is 93.3 Å². The van der Waals surface area contributed by atoms with Crippen molar-refractivity contribution in [3.8, 4) is 17.2 Å². The predicted molar refractivity (Wildman–Crippen MR) is 128 cm³/mol. The molecule has 1 amide bonds. The van der Waals surface area contributed by atoms with Gasteiger partial charge in [-0.25, -0.2) is 0 Å². The number of methoxy groups -OCH3 is 1. The van der Waals surface area contributed by atoms with Gasteiger partial charge in [0.05, 0.1) is 19.4 Å². The van der Waals surface area contributed by atoms with E-state index >= 15 is 0 Å². The van der Waals surface area contributed by atoms with Crippen molar-refractivity contribution in [1.29, 1.82) is 0 Å². The van der Waals surface area contributed by atoms with Crippen molar-refractivity contribution in [2.45, 2.75) is 41.2 Å². The highest BCUT2D eigenvalue weighted by atomic mass is 16.5. The van der Waals surface area contributed by atoms with Crippen LogP contribution in [0.1, 0.15) is 45.1 Å². The van der Waals surface area contributed by atoms with E-state index < -0.39 is 0 Å². The molecule has 0 aliphatic rings. The number of nitrogens with one attached hydrogen (secondary N) is 1. The van der Waals surface area contributed by atoms with Gasteiger partial charge in [0, 0.05) is 11.1 Å². The Morgan fingerprint density at radius 1 is 0.844 bits per heavy atom. The van der Waals surface area contributed by atoms with Crippen LogP contribution in [0.3, 0.4) is 0 Å². The van der Waals surface area contributed by atoms with Crippen LogP contribution in [-0.4, -0.2) is 19.6 Å². The second kappa shape index (κ2) is 10.2. The Balaban J connectivity index is 1.86. The highest BCUT2D eigenvalue weighted by molar-refractivity contribution is 6.05. The van der Waals surface area contributed by atoms with E-state index in [1.807, 2.05) is 57.2 Å². The van der Waals surface area contributed by atoms with Crippen LogP contribution in [0.15, 0.2) is 48.5 Å². The lowest BCUT2D eigenvalue weighted by atomic mass is 10.1. The van der Waals surface area contributed by atoms with E-state index in [4.69, 9.17) is 14.2 Å². The summed E-state index contributed by atoms with van der Waals surface area (Å²) in [4.78, 5) is 13.0. The van der Waals surface area contributed by atoms with Gasteiger partial charge < -0.3 is 19.5 Å². The van der Waals surface area contributed by atoms with E-state index in [2.05, 4.69) is 25.2 Å². The summed E-state index contributed by atoms with van der Waals surface area (Å²) in [5, 5.41) is 2.95. The molecule has 0 bridgehead atoms. The third-order valence-electron chi connectivity index (χ3n) is 5.37. The number of aryl methyl sites for hydroxylation is 3. The minimum atomic E-state index is -0.222. The monoisotopic (exact) mass is 433 g/mol. The fraction of sp³-hybridized carbons (Fsp3) is 0.296. The standard InChI is InChI=1S/C27H31NO4/c1-7-31-24-11-9-21(27(29)28-23-13-17(2)8-10-25(23)30-6)15-22(24)16-32-26-14-18(3)12-19(4)20(26)5/h8-15H,7,16H2,1-6H3,(H,28,29). The fourth-order valence-corrected chi connectivity index (χ4v) is 3.55. The first-order valence-corrected chi connectivity index (χ1v) is 10.7. The normalized spacial score (nSPS) is 10.6. The molecule has 3 aromatic rings. The topological polar surface area (TPSA) is 56.8 Å². The van der Waals surface area contributed by atoms with Crippen LogP contribution in [0.4, 0.5) is 5.69 Å². The van der Waals surface area contributed by atoms with E-state index in [-0.39, 0.29) is 5.91 Å². The van der Waals surface area contributed by atoms with Crippen molar-refractivity contribution in [3.05, 3.63) is 81.9 Å². The lowest BCUT2D eigenvalue weighted by Crippen LogP contribution is -2.14. The Morgan fingerprint density at radius 2 is 1.59 bits per heavy atom. The van der Waals surface area contributed by atoms with Gasteiger partial charge in [-0.2, -0.15) is 0 Å². The summed E-state index contributed by atoms with van der Waals surface area (Å²) in [5.74, 6) is 1.94. The van der Waals surface area contributed by atoms with Crippen molar-refractivity contribution in [1.82, 2.24) is 0 Å². The maximum absolute atomic E-state index is 13.0. The Hall–Kier alpha value is -3.47. The Bertz CT molecular complexity index is 1120. The van der Waals surface area contributed by atoms with Crippen LogP contribution in [0.2, 0.25) is 0 Å². The van der Waals surface area contributed by atoms with E-state index in [9.17, 15) is 4.79 Å². The van der Waals surface area contributed by atoms with Gasteiger partial charge >= 0.3 is 0 Å². The van der Waals surface area contributed by atoms with Gasteiger partial charge in [-0.3, -0.25) is 4.79 Å². The second-order valence-electron chi connectivity index (χ2n) is 7.91. The summed E-state index contributed by atoms with van der Waals surface area (Å²) < 4.78 is 17.3.